The van der Waals surface area contributed by atoms with Gasteiger partial charge in [0.15, 0.2) is 0 Å². The normalized spacial score (nSPS) is 17.0. The predicted molar refractivity (Wildman–Crippen MR) is 79.6 cm³/mol. The third-order valence-corrected chi connectivity index (χ3v) is 5.57. The summed E-state index contributed by atoms with van der Waals surface area (Å²) in [6.45, 7) is 0.614. The summed E-state index contributed by atoms with van der Waals surface area (Å²) in [5.41, 5.74) is 0.722. The van der Waals surface area contributed by atoms with E-state index < -0.39 is 20.0 Å². The van der Waals surface area contributed by atoms with Crippen molar-refractivity contribution in [1.29, 1.82) is 0 Å². The average Bonchev–Trinajstić information content (AvgIpc) is 2.32. The number of benzene rings is 1. The molecule has 0 aromatic heterocycles. The number of sulfonamides is 2. The lowest BCUT2D eigenvalue weighted by molar-refractivity contribution is -0.128. The maximum atomic E-state index is 11.8. The smallest absolute Gasteiger partial charge is 0.238 e. The first kappa shape index (κ1) is 16.9. The van der Waals surface area contributed by atoms with Gasteiger partial charge in [-0.05, 0) is 17.7 Å². The molecule has 0 spiro atoms. The monoisotopic (exact) mass is 347 g/mol. The molecule has 0 unspecified atom stereocenters. The Balaban J connectivity index is 1.85. The second-order valence-electron chi connectivity index (χ2n) is 5.18. The second kappa shape index (κ2) is 5.95. The van der Waals surface area contributed by atoms with Crippen LogP contribution in [0.25, 0.3) is 0 Å². The Bertz CT molecular complexity index is 765. The van der Waals surface area contributed by atoms with Crippen molar-refractivity contribution in [2.24, 2.45) is 11.1 Å². The molecule has 122 valence electrons. The van der Waals surface area contributed by atoms with Gasteiger partial charge in [-0.2, -0.15) is 0 Å². The zero-order chi connectivity index (χ0) is 16.5. The molecule has 1 aliphatic heterocycles. The summed E-state index contributed by atoms with van der Waals surface area (Å²) in [7, 11) is -6.96. The minimum Gasteiger partial charge on any atom is -0.352 e. The fourth-order valence-corrected chi connectivity index (χ4v) is 3.42. The maximum absolute atomic E-state index is 11.8. The molecule has 0 atom stereocenters. The number of primary sulfonamides is 1. The summed E-state index contributed by atoms with van der Waals surface area (Å²) >= 11 is 0. The summed E-state index contributed by atoms with van der Waals surface area (Å²) < 4.78 is 45.9. The maximum Gasteiger partial charge on any atom is 0.238 e. The van der Waals surface area contributed by atoms with E-state index in [4.69, 9.17) is 5.14 Å². The van der Waals surface area contributed by atoms with Gasteiger partial charge in [0.05, 0.1) is 17.1 Å². The number of nitrogens with one attached hydrogen (secondary N) is 1. The largest absolute Gasteiger partial charge is 0.352 e. The lowest BCUT2D eigenvalue weighted by Gasteiger charge is -2.35. The van der Waals surface area contributed by atoms with Gasteiger partial charge in [-0.25, -0.2) is 26.3 Å². The quantitative estimate of drug-likeness (QED) is 0.695. The summed E-state index contributed by atoms with van der Waals surface area (Å²) in [6.07, 6.45) is 1.11. The standard InChI is InChI=1S/C12H17N3O5S2/c1-21(17,18)15-7-10(8-15)12(16)14-6-9-2-4-11(5-3-9)22(13,19)20/h2-5,10H,6-8H2,1H3,(H,14,16)(H2,13,19,20). The highest BCUT2D eigenvalue weighted by Crippen LogP contribution is 2.18. The van der Waals surface area contributed by atoms with Gasteiger partial charge < -0.3 is 5.32 Å². The van der Waals surface area contributed by atoms with Crippen molar-refractivity contribution in [3.63, 3.8) is 0 Å². The van der Waals surface area contributed by atoms with Gasteiger partial charge in [0.2, 0.25) is 26.0 Å². The van der Waals surface area contributed by atoms with E-state index in [1.165, 1.54) is 16.4 Å². The number of carbonyl (C=O) groups excluding carboxylic acids is 1. The molecular weight excluding hydrogens is 330 g/mol. The Morgan fingerprint density at radius 2 is 1.77 bits per heavy atom. The average molecular weight is 347 g/mol. The molecule has 0 radical (unpaired) electrons. The lowest BCUT2D eigenvalue weighted by atomic mass is 10.0. The van der Waals surface area contributed by atoms with Crippen molar-refractivity contribution >= 4 is 26.0 Å². The minimum absolute atomic E-state index is 0.00497. The van der Waals surface area contributed by atoms with Gasteiger partial charge in [0.1, 0.15) is 0 Å². The third kappa shape index (κ3) is 4.03. The van der Waals surface area contributed by atoms with Crippen LogP contribution in [0.4, 0.5) is 0 Å². The molecule has 0 saturated carbocycles. The van der Waals surface area contributed by atoms with E-state index in [0.29, 0.717) is 0 Å². The first-order valence-corrected chi connectivity index (χ1v) is 9.81. The molecular formula is C12H17N3O5S2. The Morgan fingerprint density at radius 1 is 1.23 bits per heavy atom. The molecule has 10 heteroatoms. The van der Waals surface area contributed by atoms with Crippen LogP contribution < -0.4 is 10.5 Å². The molecule has 1 fully saturated rings. The second-order valence-corrected chi connectivity index (χ2v) is 8.73. The van der Waals surface area contributed by atoms with Crippen LogP contribution in [0.1, 0.15) is 5.56 Å². The number of carbonyl (C=O) groups is 1. The zero-order valence-corrected chi connectivity index (χ0v) is 13.5. The van der Waals surface area contributed by atoms with Crippen molar-refractivity contribution < 1.29 is 21.6 Å². The van der Waals surface area contributed by atoms with Crippen molar-refractivity contribution in [2.75, 3.05) is 19.3 Å². The predicted octanol–water partition coefficient (Wildman–Crippen LogP) is -1.16. The number of rotatable bonds is 5. The highest BCUT2D eigenvalue weighted by molar-refractivity contribution is 7.89. The minimum atomic E-state index is -3.73. The SMILES string of the molecule is CS(=O)(=O)N1CC(C(=O)NCc2ccc(S(N)(=O)=O)cc2)C1. The molecule has 22 heavy (non-hydrogen) atoms. The topological polar surface area (TPSA) is 127 Å². The first-order valence-electron chi connectivity index (χ1n) is 6.42. The fourth-order valence-electron chi connectivity index (χ4n) is 2.01. The first-order chi connectivity index (χ1) is 10.1. The molecule has 2 rings (SSSR count). The summed E-state index contributed by atoms with van der Waals surface area (Å²) in [5, 5.41) is 7.68. The van der Waals surface area contributed by atoms with E-state index in [9.17, 15) is 21.6 Å². The van der Waals surface area contributed by atoms with E-state index in [1.807, 2.05) is 0 Å². The van der Waals surface area contributed by atoms with E-state index >= 15 is 0 Å². The van der Waals surface area contributed by atoms with Crippen LogP contribution in [0.2, 0.25) is 0 Å². The number of nitrogens with two attached hydrogens (primary N) is 1. The molecule has 1 amide bonds. The van der Waals surface area contributed by atoms with Gasteiger partial charge in [-0.1, -0.05) is 12.1 Å². The molecule has 1 aromatic rings. The van der Waals surface area contributed by atoms with Crippen LogP contribution >= 0.6 is 0 Å². The number of amides is 1. The lowest BCUT2D eigenvalue weighted by Crippen LogP contribution is -2.55. The van der Waals surface area contributed by atoms with Crippen molar-refractivity contribution in [1.82, 2.24) is 9.62 Å². The summed E-state index contributed by atoms with van der Waals surface area (Å²) in [4.78, 5) is 11.9. The van der Waals surface area contributed by atoms with Crippen molar-refractivity contribution in [2.45, 2.75) is 11.4 Å². The molecule has 8 nitrogen and oxygen atoms in total. The van der Waals surface area contributed by atoms with Crippen molar-refractivity contribution in [3.8, 4) is 0 Å². The van der Waals surface area contributed by atoms with Crippen LogP contribution in [0.15, 0.2) is 29.2 Å². The Hall–Kier alpha value is -1.49. The molecule has 1 heterocycles. The number of nitrogens with zero attached hydrogens (tertiary/aromatic N) is 1. The van der Waals surface area contributed by atoms with Crippen LogP contribution in [-0.4, -0.2) is 46.4 Å². The van der Waals surface area contributed by atoms with Crippen LogP contribution in [0.5, 0.6) is 0 Å². The molecule has 0 bridgehead atoms. The molecule has 3 N–H and O–H groups in total. The summed E-state index contributed by atoms with van der Waals surface area (Å²) in [6, 6.07) is 5.85. The highest BCUT2D eigenvalue weighted by atomic mass is 32.2. The van der Waals surface area contributed by atoms with Gasteiger partial charge in [0, 0.05) is 19.6 Å². The summed E-state index contributed by atoms with van der Waals surface area (Å²) in [5.74, 6) is -0.575. The van der Waals surface area contributed by atoms with Gasteiger partial charge in [-0.15, -0.1) is 0 Å². The van der Waals surface area contributed by atoms with Crippen molar-refractivity contribution in [3.05, 3.63) is 29.8 Å². The molecule has 1 saturated heterocycles. The van der Waals surface area contributed by atoms with Gasteiger partial charge >= 0.3 is 0 Å². The number of hydrogen-bond donors (Lipinski definition) is 2. The van der Waals surface area contributed by atoms with E-state index in [-0.39, 0.29) is 36.4 Å². The Morgan fingerprint density at radius 3 is 2.23 bits per heavy atom. The Kier molecular flexibility index (Phi) is 4.57. The van der Waals surface area contributed by atoms with Gasteiger partial charge in [-0.3, -0.25) is 4.79 Å². The molecule has 1 aromatic carbocycles. The highest BCUT2D eigenvalue weighted by Gasteiger charge is 2.37. The Labute approximate surface area is 129 Å². The van der Waals surface area contributed by atoms with Crippen LogP contribution in [0, 0.1) is 5.92 Å². The van der Waals surface area contributed by atoms with Crippen LogP contribution in [0.3, 0.4) is 0 Å². The number of hydrogen-bond acceptors (Lipinski definition) is 5. The van der Waals surface area contributed by atoms with E-state index in [0.717, 1.165) is 11.8 Å². The molecule has 0 aliphatic carbocycles. The zero-order valence-electron chi connectivity index (χ0n) is 11.9. The van der Waals surface area contributed by atoms with Crippen LogP contribution in [-0.2, 0) is 31.4 Å². The fraction of sp³-hybridized carbons (Fsp3) is 0.417. The third-order valence-electron chi connectivity index (χ3n) is 3.41. The van der Waals surface area contributed by atoms with E-state index in [2.05, 4.69) is 5.32 Å². The molecule has 1 aliphatic rings. The van der Waals surface area contributed by atoms with Gasteiger partial charge in [0.25, 0.3) is 0 Å². The van der Waals surface area contributed by atoms with E-state index in [1.54, 1.807) is 12.1 Å².